The quantitative estimate of drug-likeness (QED) is 0.768. The molecule has 2 aromatic carbocycles. The summed E-state index contributed by atoms with van der Waals surface area (Å²) in [6.07, 6.45) is 2.09. The molecule has 0 aromatic heterocycles. The topological polar surface area (TPSA) is 24.3 Å². The zero-order valence-electron chi connectivity index (χ0n) is 15.8. The van der Waals surface area contributed by atoms with Gasteiger partial charge in [0.05, 0.1) is 12.0 Å². The summed E-state index contributed by atoms with van der Waals surface area (Å²) in [5.41, 5.74) is 6.27. The van der Waals surface area contributed by atoms with E-state index in [9.17, 15) is 0 Å². The Morgan fingerprint density at radius 3 is 2.44 bits per heavy atom. The van der Waals surface area contributed by atoms with Crippen LogP contribution in [-0.2, 0) is 5.41 Å². The summed E-state index contributed by atoms with van der Waals surface area (Å²) in [6.45, 7) is 9.43. The van der Waals surface area contributed by atoms with Gasteiger partial charge in [-0.15, -0.1) is 0 Å². The second kappa shape index (κ2) is 6.75. The average molecular weight is 335 g/mol. The highest BCUT2D eigenvalue weighted by Crippen LogP contribution is 2.40. The first kappa shape index (κ1) is 17.3. The molecule has 3 heteroatoms. The lowest BCUT2D eigenvalue weighted by molar-refractivity contribution is -0.402. The number of rotatable bonds is 5. The van der Waals surface area contributed by atoms with Gasteiger partial charge in [0, 0.05) is 29.1 Å². The third kappa shape index (κ3) is 3.19. The van der Waals surface area contributed by atoms with E-state index in [0.717, 1.165) is 11.4 Å². The maximum Gasteiger partial charge on any atom is 0.209 e. The summed E-state index contributed by atoms with van der Waals surface area (Å²) in [6, 6.07) is 16.7. The van der Waals surface area contributed by atoms with Gasteiger partial charge in [0.2, 0.25) is 5.69 Å². The molecule has 1 aliphatic rings. The number of nitrogens with zero attached hydrogens (tertiary/aromatic N) is 1. The van der Waals surface area contributed by atoms with Crippen LogP contribution in [0.4, 0.5) is 11.4 Å². The Balaban J connectivity index is 1.84. The van der Waals surface area contributed by atoms with Gasteiger partial charge in [0.15, 0.2) is 5.71 Å². The van der Waals surface area contributed by atoms with Crippen molar-refractivity contribution < 1.29 is 9.31 Å². The zero-order valence-corrected chi connectivity index (χ0v) is 15.8. The highest BCUT2D eigenvalue weighted by Gasteiger charge is 2.44. The van der Waals surface area contributed by atoms with Gasteiger partial charge >= 0.3 is 0 Å². The number of benzene rings is 2. The Kier molecular flexibility index (Phi) is 4.67. The van der Waals surface area contributed by atoms with E-state index in [1.807, 2.05) is 31.2 Å². The summed E-state index contributed by atoms with van der Waals surface area (Å²) < 4.78 is 7.80. The van der Waals surface area contributed by atoms with Crippen LogP contribution < -0.4 is 10.1 Å². The fourth-order valence-electron chi connectivity index (χ4n) is 3.79. The Hall–Kier alpha value is -2.55. The number of allylic oxidation sites excluding steroid dienone is 1. The van der Waals surface area contributed by atoms with Gasteiger partial charge in [-0.25, -0.2) is 0 Å². The van der Waals surface area contributed by atoms with Gasteiger partial charge < -0.3 is 10.1 Å². The fourth-order valence-corrected chi connectivity index (χ4v) is 3.79. The number of anilines is 1. The number of hydrogen-bond acceptors (Lipinski definition) is 2. The lowest BCUT2D eigenvalue weighted by Crippen LogP contribution is -2.29. The van der Waals surface area contributed by atoms with Crippen molar-refractivity contribution in [2.24, 2.45) is 0 Å². The van der Waals surface area contributed by atoms with Crippen LogP contribution in [0.1, 0.15) is 33.3 Å². The van der Waals surface area contributed by atoms with E-state index in [0.29, 0.717) is 6.61 Å². The Bertz CT molecular complexity index is 829. The SMILES string of the molecule is CCOc1ccc(NC=C(C)C2=[N+](C)c3ccccc3C2(C)C)cc1. The molecule has 130 valence electrons. The summed E-state index contributed by atoms with van der Waals surface area (Å²) in [5.74, 6) is 0.898. The monoisotopic (exact) mass is 335 g/mol. The number of ether oxygens (including phenoxy) is 1. The maximum atomic E-state index is 5.49. The van der Waals surface area contributed by atoms with E-state index in [4.69, 9.17) is 4.74 Å². The Morgan fingerprint density at radius 2 is 1.80 bits per heavy atom. The molecule has 0 saturated heterocycles. The third-order valence-electron chi connectivity index (χ3n) is 4.86. The molecule has 0 spiro atoms. The van der Waals surface area contributed by atoms with Crippen LogP contribution in [0, 0.1) is 0 Å². The van der Waals surface area contributed by atoms with Gasteiger partial charge in [-0.1, -0.05) is 18.2 Å². The number of para-hydroxylation sites is 1. The molecule has 0 radical (unpaired) electrons. The van der Waals surface area contributed by atoms with E-state index >= 15 is 0 Å². The predicted octanol–water partition coefficient (Wildman–Crippen LogP) is 5.11. The minimum Gasteiger partial charge on any atom is -0.494 e. The molecule has 0 amide bonds. The molecule has 1 heterocycles. The van der Waals surface area contributed by atoms with Crippen molar-refractivity contribution in [1.82, 2.24) is 0 Å². The normalized spacial score (nSPS) is 16.0. The van der Waals surface area contributed by atoms with Gasteiger partial charge in [-0.3, -0.25) is 0 Å². The highest BCUT2D eigenvalue weighted by molar-refractivity contribution is 6.06. The van der Waals surface area contributed by atoms with E-state index in [1.165, 1.54) is 22.5 Å². The van der Waals surface area contributed by atoms with Crippen LogP contribution in [0.25, 0.3) is 0 Å². The van der Waals surface area contributed by atoms with Crippen LogP contribution in [-0.4, -0.2) is 23.9 Å². The van der Waals surface area contributed by atoms with Gasteiger partial charge in [-0.2, -0.15) is 4.58 Å². The van der Waals surface area contributed by atoms with Crippen LogP contribution in [0.2, 0.25) is 0 Å². The molecular weight excluding hydrogens is 308 g/mol. The molecule has 1 N–H and O–H groups in total. The lowest BCUT2D eigenvalue weighted by Gasteiger charge is -2.18. The number of hydrogen-bond donors (Lipinski definition) is 1. The van der Waals surface area contributed by atoms with Crippen molar-refractivity contribution in [1.29, 1.82) is 0 Å². The van der Waals surface area contributed by atoms with Gasteiger partial charge in [0.1, 0.15) is 12.8 Å². The molecule has 0 bridgehead atoms. The van der Waals surface area contributed by atoms with Crippen molar-refractivity contribution in [3.8, 4) is 5.75 Å². The van der Waals surface area contributed by atoms with Crippen LogP contribution in [0.3, 0.4) is 0 Å². The third-order valence-corrected chi connectivity index (χ3v) is 4.86. The average Bonchev–Trinajstić information content (AvgIpc) is 2.81. The molecule has 0 unspecified atom stereocenters. The first-order chi connectivity index (χ1) is 11.9. The molecule has 0 atom stereocenters. The van der Waals surface area contributed by atoms with Gasteiger partial charge in [-0.05, 0) is 52.0 Å². The first-order valence-corrected chi connectivity index (χ1v) is 8.82. The van der Waals surface area contributed by atoms with Crippen LogP contribution in [0.5, 0.6) is 5.75 Å². The molecule has 1 aliphatic heterocycles. The van der Waals surface area contributed by atoms with E-state index in [-0.39, 0.29) is 5.41 Å². The number of nitrogens with one attached hydrogen (secondary N) is 1. The second-order valence-electron chi connectivity index (χ2n) is 6.98. The van der Waals surface area contributed by atoms with Crippen LogP contribution >= 0.6 is 0 Å². The van der Waals surface area contributed by atoms with Crippen molar-refractivity contribution in [2.75, 3.05) is 19.0 Å². The lowest BCUT2D eigenvalue weighted by atomic mass is 9.79. The van der Waals surface area contributed by atoms with Crippen molar-refractivity contribution in [3.05, 3.63) is 65.9 Å². The minimum atomic E-state index is -0.00751. The molecule has 0 fully saturated rings. The molecule has 25 heavy (non-hydrogen) atoms. The summed E-state index contributed by atoms with van der Waals surface area (Å²) >= 11 is 0. The van der Waals surface area contributed by atoms with E-state index in [1.54, 1.807) is 0 Å². The van der Waals surface area contributed by atoms with Crippen LogP contribution in [0.15, 0.2) is 60.3 Å². The van der Waals surface area contributed by atoms with E-state index < -0.39 is 0 Å². The highest BCUT2D eigenvalue weighted by atomic mass is 16.5. The van der Waals surface area contributed by atoms with Crippen molar-refractivity contribution >= 4 is 17.1 Å². The van der Waals surface area contributed by atoms with Crippen molar-refractivity contribution in [3.63, 3.8) is 0 Å². The Labute approximate surface area is 150 Å². The fraction of sp³-hybridized carbons (Fsp3) is 0.318. The van der Waals surface area contributed by atoms with Gasteiger partial charge in [0.25, 0.3) is 0 Å². The summed E-state index contributed by atoms with van der Waals surface area (Å²) in [4.78, 5) is 0. The Morgan fingerprint density at radius 1 is 1.12 bits per heavy atom. The zero-order chi connectivity index (χ0) is 18.0. The molecule has 0 saturated carbocycles. The first-order valence-electron chi connectivity index (χ1n) is 8.82. The molecule has 2 aromatic rings. The molecule has 3 nitrogen and oxygen atoms in total. The number of fused-ring (bicyclic) bond motifs is 1. The summed E-state index contributed by atoms with van der Waals surface area (Å²) in [7, 11) is 2.15. The minimum absolute atomic E-state index is 0.00751. The molecule has 0 aliphatic carbocycles. The standard InChI is InChI=1S/C22H26N2O/c1-6-25-18-13-11-17(12-14-18)23-15-16(2)21-22(3,4)19-9-7-8-10-20(19)24(21)5/h7-15H,6H2,1-5H3/p+1. The predicted molar refractivity (Wildman–Crippen MR) is 105 cm³/mol. The molecule has 3 rings (SSSR count). The largest absolute Gasteiger partial charge is 0.494 e. The van der Waals surface area contributed by atoms with E-state index in [2.05, 4.69) is 68.2 Å². The molecular formula is C22H27N2O+. The second-order valence-corrected chi connectivity index (χ2v) is 6.98. The summed E-state index contributed by atoms with van der Waals surface area (Å²) in [5, 5.41) is 3.41. The smallest absolute Gasteiger partial charge is 0.209 e. The maximum absolute atomic E-state index is 5.49. The van der Waals surface area contributed by atoms with Crippen molar-refractivity contribution in [2.45, 2.75) is 33.1 Å².